The highest BCUT2D eigenvalue weighted by Crippen LogP contribution is 2.67. The Balaban J connectivity index is 0.696. The lowest BCUT2D eigenvalue weighted by Gasteiger charge is -2.62. The van der Waals surface area contributed by atoms with Crippen LogP contribution in [-0.2, 0) is 55.7 Å². The van der Waals surface area contributed by atoms with Gasteiger partial charge in [0, 0.05) is 49.1 Å². The summed E-state index contributed by atoms with van der Waals surface area (Å²) in [5.41, 5.74) is -0.825. The van der Waals surface area contributed by atoms with Crippen molar-refractivity contribution in [2.24, 2.45) is 11.8 Å². The van der Waals surface area contributed by atoms with Gasteiger partial charge in [0.05, 0.1) is 54.0 Å². The van der Waals surface area contributed by atoms with Gasteiger partial charge in [0.15, 0.2) is 58.4 Å². The Hall–Kier alpha value is -4.32. The van der Waals surface area contributed by atoms with Gasteiger partial charge in [-0.3, -0.25) is 29.0 Å². The first-order valence-electron chi connectivity index (χ1n) is 23.7. The Morgan fingerprint density at radius 1 is 0.667 bits per heavy atom. The Morgan fingerprint density at radius 2 is 1.09 bits per heavy atom. The summed E-state index contributed by atoms with van der Waals surface area (Å²) in [5, 5.41) is 25.2. The van der Waals surface area contributed by atoms with E-state index in [4.69, 9.17) is 18.9 Å². The van der Waals surface area contributed by atoms with Crippen LogP contribution in [0.25, 0.3) is 9.40 Å². The molecule has 0 radical (unpaired) electrons. The molecule has 4 aliphatic heterocycles. The Morgan fingerprint density at radius 3 is 1.50 bits per heavy atom. The number of nitrogens with zero attached hydrogens (tertiary/aromatic N) is 2. The second kappa shape index (κ2) is 13.7. The molecule has 4 bridgehead atoms. The number of thiophene rings is 2. The average molecular weight is 939 g/mol. The van der Waals surface area contributed by atoms with Gasteiger partial charge in [-0.15, -0.1) is 22.7 Å². The van der Waals surface area contributed by atoms with Crippen molar-refractivity contribution in [1.29, 1.82) is 0 Å². The highest BCUT2D eigenvalue weighted by atomic mass is 32.1. The molecule has 0 unspecified atom stereocenters. The first-order chi connectivity index (χ1) is 31.8. The van der Waals surface area contributed by atoms with Crippen molar-refractivity contribution in [3.05, 3.63) is 67.9 Å². The molecule has 10 aliphatic rings. The highest BCUT2D eigenvalue weighted by Gasteiger charge is 2.75. The molecule has 2 spiro atoms. The fourth-order valence-electron chi connectivity index (χ4n) is 14.4. The maximum Gasteiger partial charge on any atom is 0.316 e. The number of hydrogen-bond acceptors (Lipinski definition) is 14. The molecule has 4 saturated carbocycles. The van der Waals surface area contributed by atoms with Crippen molar-refractivity contribution < 1.29 is 57.1 Å². The molecule has 2 N–H and O–H groups in total. The van der Waals surface area contributed by atoms with E-state index < -0.39 is 70.7 Å². The highest BCUT2D eigenvalue weighted by molar-refractivity contribution is 7.28. The number of aliphatic hydroxyl groups is 2. The molecule has 8 atom stereocenters. The van der Waals surface area contributed by atoms with Crippen LogP contribution in [0.5, 0.6) is 23.0 Å². The number of fused-ring (bicyclic) bond motifs is 1. The lowest BCUT2D eigenvalue weighted by Crippen LogP contribution is -2.76. The minimum Gasteiger partial charge on any atom is -0.477 e. The second-order valence-corrected chi connectivity index (χ2v) is 23.2. The van der Waals surface area contributed by atoms with Gasteiger partial charge in [-0.05, 0) is 112 Å². The SMILES string of the molecule is O=C(Cc1sc2c(F)c(CC(=O)Oc3ccc4c5c3O[C@H]3C(=O)CC[C@@]6(O)[C@@H](C4)N(CC4CC4)CC[C@]536)sc2c1F)Oc1ccc2c3c1O[C@H]1C(=O)CC[C@@]4(O)[C@@H](C2)N(CC2CC2)CC[C@]314. The number of piperidine rings is 2. The molecule has 0 amide bonds. The molecule has 4 aromatic rings. The quantitative estimate of drug-likeness (QED) is 0.146. The standard InChI is InChI=1S/C50H48F2N2O10S2/c51-39-31(19-35(57)61-29-7-5-25-17-33-49(59)11-9-27(55)45-47(49,37(25)41(29)63-45)13-15-53(33)21-23-1-2-23)65-44-40(52)32(66-43(39)44)20-36(58)62-30-8-6-26-18-34-50(60)12-10-28(56)46-48(50,38(26)42(30)64-46)14-16-54(34)22-24-3-4-24/h5-8,23-24,33-34,45-46,59-60H,1-4,9-22H2/t33-,34-,45+,46+,47+,48+,49-,50-/m1/s1. The third-order valence-electron chi connectivity index (χ3n) is 17.7. The van der Waals surface area contributed by atoms with Gasteiger partial charge in [0.25, 0.3) is 0 Å². The van der Waals surface area contributed by atoms with Gasteiger partial charge in [-0.1, -0.05) is 12.1 Å². The molecule has 12 nitrogen and oxygen atoms in total. The fraction of sp³-hybridized carbons (Fsp3) is 0.560. The number of ether oxygens (including phenoxy) is 4. The normalized spacial score (nSPS) is 34.5. The summed E-state index contributed by atoms with van der Waals surface area (Å²) >= 11 is 1.56. The van der Waals surface area contributed by atoms with Crippen LogP contribution in [0.4, 0.5) is 8.78 Å². The minimum absolute atomic E-state index is 0.0263. The smallest absolute Gasteiger partial charge is 0.316 e. The second-order valence-electron chi connectivity index (χ2n) is 21.0. The molecule has 344 valence electrons. The predicted molar refractivity (Wildman–Crippen MR) is 235 cm³/mol. The monoisotopic (exact) mass is 938 g/mol. The average Bonchev–Trinajstić information content (AvgIpc) is 4.17. The van der Waals surface area contributed by atoms with Crippen molar-refractivity contribution in [3.63, 3.8) is 0 Å². The van der Waals surface area contributed by atoms with Crippen LogP contribution in [0.15, 0.2) is 24.3 Å². The number of benzene rings is 2. The minimum atomic E-state index is -1.18. The van der Waals surface area contributed by atoms with Gasteiger partial charge < -0.3 is 29.2 Å². The van der Waals surface area contributed by atoms with Crippen LogP contribution >= 0.6 is 22.7 Å². The zero-order valence-electron chi connectivity index (χ0n) is 36.1. The molecule has 16 heteroatoms. The van der Waals surface area contributed by atoms with E-state index in [1.807, 2.05) is 12.1 Å². The molecule has 2 aromatic carbocycles. The van der Waals surface area contributed by atoms with E-state index in [1.165, 1.54) is 25.7 Å². The maximum absolute atomic E-state index is 16.1. The number of rotatable bonds is 10. The number of carbonyl (C=O) groups excluding carboxylic acids is 4. The Labute approximate surface area is 386 Å². The summed E-state index contributed by atoms with van der Waals surface area (Å²) in [6, 6.07) is 6.77. The van der Waals surface area contributed by atoms with Gasteiger partial charge in [0.1, 0.15) is 0 Å². The lowest BCUT2D eigenvalue weighted by atomic mass is 9.49. The number of carbonyl (C=O) groups is 4. The predicted octanol–water partition coefficient (Wildman–Crippen LogP) is 5.80. The van der Waals surface area contributed by atoms with Gasteiger partial charge >= 0.3 is 11.9 Å². The third kappa shape index (κ3) is 5.26. The molecular formula is C50H48F2N2O10S2. The van der Waals surface area contributed by atoms with E-state index in [0.29, 0.717) is 50.4 Å². The zero-order chi connectivity index (χ0) is 44.8. The topological polar surface area (TPSA) is 152 Å². The van der Waals surface area contributed by atoms with Crippen LogP contribution in [0.1, 0.15) is 96.2 Å². The number of Topliss-reactive ketones (excluding diaryl/α,β-unsaturated/α-hetero) is 2. The first kappa shape index (κ1) is 40.7. The van der Waals surface area contributed by atoms with E-state index in [-0.39, 0.29) is 78.6 Å². The summed E-state index contributed by atoms with van der Waals surface area (Å²) in [7, 11) is 0. The zero-order valence-corrected chi connectivity index (χ0v) is 37.8. The van der Waals surface area contributed by atoms with Gasteiger partial charge in [0.2, 0.25) is 0 Å². The number of ketones is 2. The van der Waals surface area contributed by atoms with Crippen molar-refractivity contribution in [3.8, 4) is 23.0 Å². The fourth-order valence-corrected chi connectivity index (χ4v) is 16.9. The van der Waals surface area contributed by atoms with Crippen molar-refractivity contribution in [1.82, 2.24) is 9.80 Å². The van der Waals surface area contributed by atoms with E-state index in [9.17, 15) is 29.4 Å². The van der Waals surface area contributed by atoms with Crippen molar-refractivity contribution >= 4 is 55.6 Å². The Bertz CT molecular complexity index is 2700. The molecule has 66 heavy (non-hydrogen) atoms. The van der Waals surface area contributed by atoms with E-state index in [0.717, 1.165) is 71.1 Å². The van der Waals surface area contributed by atoms with Gasteiger partial charge in [-0.2, -0.15) is 0 Å². The van der Waals surface area contributed by atoms with Crippen LogP contribution in [0.3, 0.4) is 0 Å². The summed E-state index contributed by atoms with van der Waals surface area (Å²) in [4.78, 5) is 58.9. The van der Waals surface area contributed by atoms with Gasteiger partial charge in [-0.25, -0.2) is 8.78 Å². The van der Waals surface area contributed by atoms with Crippen molar-refractivity contribution in [2.75, 3.05) is 26.2 Å². The largest absolute Gasteiger partial charge is 0.477 e. The Kier molecular flexibility index (Phi) is 8.44. The summed E-state index contributed by atoms with van der Waals surface area (Å²) in [5.74, 6) is -1.26. The number of halogens is 2. The molecule has 2 saturated heterocycles. The molecular weight excluding hydrogens is 891 g/mol. The van der Waals surface area contributed by atoms with Crippen LogP contribution in [0.2, 0.25) is 0 Å². The molecule has 6 heterocycles. The number of likely N-dealkylation sites (tertiary alicyclic amines) is 2. The lowest BCUT2D eigenvalue weighted by molar-refractivity contribution is -0.188. The summed E-state index contributed by atoms with van der Waals surface area (Å²) in [6.07, 6.45) is 5.34. The van der Waals surface area contributed by atoms with E-state index in [1.54, 1.807) is 12.1 Å². The van der Waals surface area contributed by atoms with E-state index in [2.05, 4.69) is 9.80 Å². The summed E-state index contributed by atoms with van der Waals surface area (Å²) < 4.78 is 56.7. The van der Waals surface area contributed by atoms with Crippen molar-refractivity contribution in [2.45, 2.75) is 136 Å². The molecule has 6 aliphatic carbocycles. The van der Waals surface area contributed by atoms with Crippen LogP contribution in [-0.4, -0.2) is 105 Å². The first-order valence-corrected chi connectivity index (χ1v) is 25.4. The third-order valence-corrected chi connectivity index (χ3v) is 20.1. The number of hydrogen-bond donors (Lipinski definition) is 2. The summed E-state index contributed by atoms with van der Waals surface area (Å²) in [6.45, 7) is 3.32. The number of esters is 2. The van der Waals surface area contributed by atoms with Crippen LogP contribution in [0, 0.1) is 23.5 Å². The molecule has 14 rings (SSSR count). The molecule has 6 fully saturated rings. The van der Waals surface area contributed by atoms with E-state index >= 15 is 8.78 Å². The molecule has 2 aromatic heterocycles. The van der Waals surface area contributed by atoms with Crippen LogP contribution < -0.4 is 18.9 Å². The maximum atomic E-state index is 16.1.